The molecule has 3 rings (SSSR count). The van der Waals surface area contributed by atoms with E-state index in [1.807, 2.05) is 12.1 Å². The van der Waals surface area contributed by atoms with Gasteiger partial charge in [-0.25, -0.2) is 4.98 Å². The zero-order valence-electron chi connectivity index (χ0n) is 11.6. The topological polar surface area (TPSA) is 39.1 Å². The molecule has 1 aliphatic carbocycles. The maximum absolute atomic E-state index is 5.26. The molecule has 0 spiro atoms. The molecule has 0 bridgehead atoms. The molecule has 0 unspecified atom stereocenters. The number of aryl methyl sites for hydroxylation is 1. The second-order valence-electron chi connectivity index (χ2n) is 5.11. The molecule has 1 saturated carbocycles. The molecule has 102 valence electrons. The van der Waals surface area contributed by atoms with E-state index in [9.17, 15) is 0 Å². The number of ether oxygens (including phenoxy) is 1. The van der Waals surface area contributed by atoms with Crippen LogP contribution < -0.4 is 10.1 Å². The molecule has 19 heavy (non-hydrogen) atoms. The van der Waals surface area contributed by atoms with Crippen molar-refractivity contribution in [2.45, 2.75) is 38.8 Å². The van der Waals surface area contributed by atoms with Crippen LogP contribution in [0.15, 0.2) is 18.2 Å². The Balaban J connectivity index is 1.84. The third-order valence-corrected chi connectivity index (χ3v) is 3.71. The minimum Gasteiger partial charge on any atom is -0.497 e. The fraction of sp³-hybridized carbons (Fsp3) is 0.533. The van der Waals surface area contributed by atoms with Crippen molar-refractivity contribution in [1.82, 2.24) is 14.9 Å². The Morgan fingerprint density at radius 1 is 1.42 bits per heavy atom. The zero-order chi connectivity index (χ0) is 13.2. The van der Waals surface area contributed by atoms with E-state index in [-0.39, 0.29) is 0 Å². The zero-order valence-corrected chi connectivity index (χ0v) is 11.6. The first kappa shape index (κ1) is 12.5. The smallest absolute Gasteiger partial charge is 0.121 e. The highest BCUT2D eigenvalue weighted by atomic mass is 16.5. The van der Waals surface area contributed by atoms with Gasteiger partial charge in [-0.3, -0.25) is 0 Å². The van der Waals surface area contributed by atoms with Crippen LogP contribution in [-0.4, -0.2) is 29.2 Å². The Morgan fingerprint density at radius 3 is 2.95 bits per heavy atom. The molecule has 4 nitrogen and oxygen atoms in total. The molecule has 1 aliphatic rings. The lowest BCUT2D eigenvalue weighted by Crippen LogP contribution is -2.20. The summed E-state index contributed by atoms with van der Waals surface area (Å²) in [5.74, 6) is 2.04. The van der Waals surface area contributed by atoms with E-state index in [4.69, 9.17) is 9.72 Å². The average molecular weight is 259 g/mol. The van der Waals surface area contributed by atoms with Crippen molar-refractivity contribution in [3.8, 4) is 5.75 Å². The molecule has 0 saturated heterocycles. The number of hydrogen-bond donors (Lipinski definition) is 1. The summed E-state index contributed by atoms with van der Waals surface area (Å²) in [6.07, 6.45) is 3.66. The van der Waals surface area contributed by atoms with Gasteiger partial charge in [-0.2, -0.15) is 0 Å². The third-order valence-electron chi connectivity index (χ3n) is 3.71. The maximum Gasteiger partial charge on any atom is 0.121 e. The first-order valence-corrected chi connectivity index (χ1v) is 7.08. The summed E-state index contributed by atoms with van der Waals surface area (Å²) >= 11 is 0. The van der Waals surface area contributed by atoms with E-state index in [2.05, 4.69) is 22.9 Å². The molecule has 4 heteroatoms. The summed E-state index contributed by atoms with van der Waals surface area (Å²) in [5, 5.41) is 3.55. The lowest BCUT2D eigenvalue weighted by atomic mass is 10.3. The molecule has 0 aliphatic heterocycles. The SMILES string of the molecule is CCn1c(CCNC2CC2)nc2cc(OC)ccc21. The van der Waals surface area contributed by atoms with Gasteiger partial charge >= 0.3 is 0 Å². The normalized spacial score (nSPS) is 15.1. The summed E-state index contributed by atoms with van der Waals surface area (Å²) in [6, 6.07) is 6.88. The first-order chi connectivity index (χ1) is 9.31. The van der Waals surface area contributed by atoms with Gasteiger partial charge in [0.05, 0.1) is 18.1 Å². The number of imidazole rings is 1. The minimum atomic E-state index is 0.763. The van der Waals surface area contributed by atoms with Crippen LogP contribution >= 0.6 is 0 Å². The molecule has 1 fully saturated rings. The molecule has 2 aromatic rings. The molecular weight excluding hydrogens is 238 g/mol. The highest BCUT2D eigenvalue weighted by Crippen LogP contribution is 2.22. The van der Waals surface area contributed by atoms with Gasteiger partial charge in [0.15, 0.2) is 0 Å². The average Bonchev–Trinajstić information content (AvgIpc) is 3.18. The van der Waals surface area contributed by atoms with Gasteiger partial charge in [0.1, 0.15) is 11.6 Å². The number of rotatable bonds is 6. The van der Waals surface area contributed by atoms with Crippen LogP contribution in [0.2, 0.25) is 0 Å². The number of hydrogen-bond acceptors (Lipinski definition) is 3. The van der Waals surface area contributed by atoms with E-state index >= 15 is 0 Å². The first-order valence-electron chi connectivity index (χ1n) is 7.08. The molecule has 1 aromatic heterocycles. The van der Waals surface area contributed by atoms with Gasteiger partial charge in [0.25, 0.3) is 0 Å². The summed E-state index contributed by atoms with van der Waals surface area (Å²) in [4.78, 5) is 4.75. The Morgan fingerprint density at radius 2 is 2.26 bits per heavy atom. The van der Waals surface area contributed by atoms with Crippen LogP contribution in [-0.2, 0) is 13.0 Å². The number of fused-ring (bicyclic) bond motifs is 1. The highest BCUT2D eigenvalue weighted by molar-refractivity contribution is 5.77. The Labute approximate surface area is 113 Å². The Bertz CT molecular complexity index is 572. The maximum atomic E-state index is 5.26. The van der Waals surface area contributed by atoms with Gasteiger partial charge in [0, 0.05) is 31.6 Å². The number of nitrogens with zero attached hydrogens (tertiary/aromatic N) is 2. The molecule has 0 radical (unpaired) electrons. The number of benzene rings is 1. The standard InChI is InChI=1S/C15H21N3O/c1-3-18-14-7-6-12(19-2)10-13(14)17-15(18)8-9-16-11-4-5-11/h6-7,10-11,16H,3-5,8-9H2,1-2H3. The molecule has 0 atom stereocenters. The monoisotopic (exact) mass is 259 g/mol. The van der Waals surface area contributed by atoms with Crippen LogP contribution in [0.1, 0.15) is 25.6 Å². The van der Waals surface area contributed by atoms with Crippen LogP contribution in [0.4, 0.5) is 0 Å². The molecular formula is C15H21N3O. The largest absolute Gasteiger partial charge is 0.497 e. The van der Waals surface area contributed by atoms with Gasteiger partial charge < -0.3 is 14.6 Å². The van der Waals surface area contributed by atoms with Crippen LogP contribution in [0.3, 0.4) is 0 Å². The third kappa shape index (κ3) is 2.59. The fourth-order valence-corrected chi connectivity index (χ4v) is 2.51. The summed E-state index contributed by atoms with van der Waals surface area (Å²) in [5.41, 5.74) is 2.23. The van der Waals surface area contributed by atoms with Gasteiger partial charge in [-0.1, -0.05) is 0 Å². The van der Waals surface area contributed by atoms with E-state index in [0.717, 1.165) is 36.8 Å². The van der Waals surface area contributed by atoms with Gasteiger partial charge in [-0.15, -0.1) is 0 Å². The van der Waals surface area contributed by atoms with Crippen LogP contribution in [0, 0.1) is 0 Å². The Kier molecular flexibility index (Phi) is 3.42. The van der Waals surface area contributed by atoms with Crippen molar-refractivity contribution in [3.05, 3.63) is 24.0 Å². The number of nitrogens with one attached hydrogen (secondary N) is 1. The predicted molar refractivity (Wildman–Crippen MR) is 76.7 cm³/mol. The van der Waals surface area contributed by atoms with Gasteiger partial charge in [0.2, 0.25) is 0 Å². The number of aromatic nitrogens is 2. The van der Waals surface area contributed by atoms with Crippen molar-refractivity contribution in [2.75, 3.05) is 13.7 Å². The predicted octanol–water partition coefficient (Wildman–Crippen LogP) is 2.36. The molecule has 1 aromatic carbocycles. The van der Waals surface area contributed by atoms with Crippen molar-refractivity contribution >= 4 is 11.0 Å². The Hall–Kier alpha value is -1.55. The van der Waals surface area contributed by atoms with E-state index in [1.165, 1.54) is 24.2 Å². The van der Waals surface area contributed by atoms with Crippen molar-refractivity contribution in [2.24, 2.45) is 0 Å². The fourth-order valence-electron chi connectivity index (χ4n) is 2.51. The summed E-state index contributed by atoms with van der Waals surface area (Å²) in [7, 11) is 1.69. The van der Waals surface area contributed by atoms with E-state index in [0.29, 0.717) is 0 Å². The molecule has 0 amide bonds. The van der Waals surface area contributed by atoms with E-state index < -0.39 is 0 Å². The summed E-state index contributed by atoms with van der Waals surface area (Å²) in [6.45, 7) is 4.15. The quantitative estimate of drug-likeness (QED) is 0.865. The van der Waals surface area contributed by atoms with Gasteiger partial charge in [-0.05, 0) is 31.9 Å². The minimum absolute atomic E-state index is 0.763. The van der Waals surface area contributed by atoms with Crippen molar-refractivity contribution in [1.29, 1.82) is 0 Å². The molecule has 1 N–H and O–H groups in total. The highest BCUT2D eigenvalue weighted by Gasteiger charge is 2.20. The van der Waals surface area contributed by atoms with E-state index in [1.54, 1.807) is 7.11 Å². The van der Waals surface area contributed by atoms with Crippen molar-refractivity contribution in [3.63, 3.8) is 0 Å². The van der Waals surface area contributed by atoms with Crippen LogP contribution in [0.25, 0.3) is 11.0 Å². The molecule has 1 heterocycles. The lowest BCUT2D eigenvalue weighted by Gasteiger charge is -2.06. The van der Waals surface area contributed by atoms with Crippen molar-refractivity contribution < 1.29 is 4.74 Å². The summed E-state index contributed by atoms with van der Waals surface area (Å²) < 4.78 is 7.56. The van der Waals surface area contributed by atoms with Crippen LogP contribution in [0.5, 0.6) is 5.75 Å². The second kappa shape index (κ2) is 5.21. The lowest BCUT2D eigenvalue weighted by molar-refractivity contribution is 0.415. The second-order valence-corrected chi connectivity index (χ2v) is 5.11. The number of methoxy groups -OCH3 is 1.